The number of hydrogen-bond acceptors (Lipinski definition) is 9. The van der Waals surface area contributed by atoms with Gasteiger partial charge in [0.2, 0.25) is 11.7 Å². The van der Waals surface area contributed by atoms with Crippen molar-refractivity contribution in [1.82, 2.24) is 4.90 Å². The summed E-state index contributed by atoms with van der Waals surface area (Å²) in [6.45, 7) is 11.1. The SMILES string of the molecule is C=CCOC12Oc3ccc(OCCSc4ccccc4)cc3C3C(CCCCO)C(CCCCO)C=C(C(=NOC(C)(C)C)CC1N(C)C(=O)C1CC1)C32. The lowest BCUT2D eigenvalue weighted by atomic mass is 9.55. The summed E-state index contributed by atoms with van der Waals surface area (Å²) < 4.78 is 20.7. The summed E-state index contributed by atoms with van der Waals surface area (Å²) in [7, 11) is 1.89. The Kier molecular flexibility index (Phi) is 13.5. The number of ether oxygens (including phenoxy) is 3. The summed E-state index contributed by atoms with van der Waals surface area (Å²) in [4.78, 5) is 23.2. The van der Waals surface area contributed by atoms with E-state index in [4.69, 9.17) is 24.2 Å². The Morgan fingerprint density at radius 3 is 2.50 bits per heavy atom. The summed E-state index contributed by atoms with van der Waals surface area (Å²) in [5.74, 6) is 1.14. The van der Waals surface area contributed by atoms with Gasteiger partial charge in [0.1, 0.15) is 23.1 Å². The number of carbonyl (C=O) groups is 1. The minimum absolute atomic E-state index is 0.00883. The predicted octanol–water partition coefficient (Wildman–Crippen LogP) is 8.16. The third-order valence-electron chi connectivity index (χ3n) is 11.2. The summed E-state index contributed by atoms with van der Waals surface area (Å²) in [5, 5.41) is 24.6. The van der Waals surface area contributed by atoms with E-state index >= 15 is 0 Å². The molecule has 0 bridgehead atoms. The van der Waals surface area contributed by atoms with Crippen LogP contribution in [0.5, 0.6) is 11.5 Å². The minimum atomic E-state index is -1.22. The molecule has 0 spiro atoms. The van der Waals surface area contributed by atoms with Crippen molar-refractivity contribution >= 4 is 23.4 Å². The molecule has 6 atom stereocenters. The molecule has 2 N–H and O–H groups in total. The van der Waals surface area contributed by atoms with Crippen LogP contribution in [0.1, 0.15) is 90.0 Å². The number of fused-ring (bicyclic) bond motifs is 2. The molecule has 3 aliphatic carbocycles. The van der Waals surface area contributed by atoms with E-state index in [-0.39, 0.29) is 55.3 Å². The number of oxime groups is 1. The molecule has 2 fully saturated rings. The molecule has 1 heterocycles. The van der Waals surface area contributed by atoms with Gasteiger partial charge in [0, 0.05) is 54.7 Å². The topological polar surface area (TPSA) is 110 Å². The van der Waals surface area contributed by atoms with Crippen LogP contribution in [0.3, 0.4) is 0 Å². The summed E-state index contributed by atoms with van der Waals surface area (Å²) in [5.41, 5.74) is 2.40. The molecule has 1 amide bonds. The van der Waals surface area contributed by atoms with Gasteiger partial charge in [-0.1, -0.05) is 48.3 Å². The van der Waals surface area contributed by atoms with Crippen molar-refractivity contribution in [3.05, 3.63) is 78.4 Å². The molecule has 2 aromatic rings. The Morgan fingerprint density at radius 1 is 1.07 bits per heavy atom. The number of benzene rings is 2. The van der Waals surface area contributed by atoms with Gasteiger partial charge in [-0.25, -0.2) is 0 Å². The maximum Gasteiger partial charge on any atom is 0.239 e. The van der Waals surface area contributed by atoms with Crippen LogP contribution in [0.25, 0.3) is 0 Å². The standard InChI is InChI=1S/C44H60N2O7S/c1-6-24-51-44-39(46(5)42(49)30-18-19-30)29-37(45-53-43(2,3)4)35-27-31(14-10-12-22-47)34(17-11-13-23-48)40(41(35)44)36-28-32(20-21-38(36)52-44)50-25-26-54-33-15-8-7-9-16-33/h6-9,15-16,20-21,27-28,30-31,34,39-41,47-48H,1,10-14,17-19,22-26,29H2,2-5H3. The number of hydrogen-bond donors (Lipinski definition) is 2. The molecule has 54 heavy (non-hydrogen) atoms. The van der Waals surface area contributed by atoms with Crippen LogP contribution >= 0.6 is 11.8 Å². The first-order chi connectivity index (χ1) is 26.1. The molecule has 4 aliphatic rings. The molecular weight excluding hydrogens is 701 g/mol. The van der Waals surface area contributed by atoms with Crippen molar-refractivity contribution in [3.8, 4) is 11.5 Å². The molecular formula is C44H60N2O7S. The Bertz CT molecular complexity index is 1640. The molecule has 1 aliphatic heterocycles. The number of unbranched alkanes of at least 4 members (excludes halogenated alkanes) is 2. The smallest absolute Gasteiger partial charge is 0.239 e. The number of carbonyl (C=O) groups excluding carboxylic acids is 1. The van der Waals surface area contributed by atoms with Crippen molar-refractivity contribution in [3.63, 3.8) is 0 Å². The molecule has 0 radical (unpaired) electrons. The van der Waals surface area contributed by atoms with Gasteiger partial charge in [-0.3, -0.25) is 4.79 Å². The van der Waals surface area contributed by atoms with Gasteiger partial charge in [0.15, 0.2) is 0 Å². The van der Waals surface area contributed by atoms with Gasteiger partial charge in [-0.15, -0.1) is 18.3 Å². The average Bonchev–Trinajstić information content (AvgIpc) is 4.02. The first-order valence-electron chi connectivity index (χ1n) is 19.9. The molecule has 9 nitrogen and oxygen atoms in total. The number of aliphatic hydroxyl groups is 2. The zero-order valence-corrected chi connectivity index (χ0v) is 33.4. The van der Waals surface area contributed by atoms with Crippen molar-refractivity contribution in [2.24, 2.45) is 28.8 Å². The highest BCUT2D eigenvalue weighted by atomic mass is 32.2. The highest BCUT2D eigenvalue weighted by molar-refractivity contribution is 7.99. The minimum Gasteiger partial charge on any atom is -0.493 e. The summed E-state index contributed by atoms with van der Waals surface area (Å²) in [6, 6.07) is 16.0. The van der Waals surface area contributed by atoms with Crippen molar-refractivity contribution in [2.75, 3.05) is 39.2 Å². The Hall–Kier alpha value is -3.31. The van der Waals surface area contributed by atoms with E-state index < -0.39 is 17.4 Å². The van der Waals surface area contributed by atoms with Crippen LogP contribution in [-0.2, 0) is 14.4 Å². The molecule has 2 aromatic carbocycles. The summed E-state index contributed by atoms with van der Waals surface area (Å²) in [6.07, 6.45) is 11.3. The van der Waals surface area contributed by atoms with E-state index in [1.807, 2.05) is 63.1 Å². The van der Waals surface area contributed by atoms with Gasteiger partial charge < -0.3 is 34.2 Å². The molecule has 0 saturated heterocycles. The van der Waals surface area contributed by atoms with Crippen LogP contribution < -0.4 is 9.47 Å². The second kappa shape index (κ2) is 18.1. The fraction of sp³-hybridized carbons (Fsp3) is 0.591. The van der Waals surface area contributed by atoms with E-state index in [0.29, 0.717) is 19.4 Å². The van der Waals surface area contributed by atoms with Gasteiger partial charge in [-0.05, 0) is 107 Å². The fourth-order valence-electron chi connectivity index (χ4n) is 8.62. The number of nitrogens with zero attached hydrogens (tertiary/aromatic N) is 2. The van der Waals surface area contributed by atoms with Gasteiger partial charge in [0.25, 0.3) is 0 Å². The Balaban J connectivity index is 1.48. The normalized spacial score (nSPS) is 26.6. The van der Waals surface area contributed by atoms with Crippen LogP contribution in [-0.4, -0.2) is 83.4 Å². The monoisotopic (exact) mass is 760 g/mol. The molecule has 294 valence electrons. The maximum absolute atomic E-state index is 14.0. The highest BCUT2D eigenvalue weighted by Gasteiger charge is 2.65. The van der Waals surface area contributed by atoms with Crippen LogP contribution in [0.2, 0.25) is 0 Å². The van der Waals surface area contributed by atoms with Crippen molar-refractivity contribution in [1.29, 1.82) is 0 Å². The third kappa shape index (κ3) is 9.20. The second-order valence-electron chi connectivity index (χ2n) is 16.2. The molecule has 0 aromatic heterocycles. The van der Waals surface area contributed by atoms with Gasteiger partial charge >= 0.3 is 0 Å². The van der Waals surface area contributed by atoms with Crippen molar-refractivity contribution in [2.45, 2.75) is 107 Å². The van der Waals surface area contributed by atoms with Gasteiger partial charge in [0.05, 0.1) is 24.8 Å². The van der Waals surface area contributed by atoms with E-state index in [1.165, 1.54) is 4.90 Å². The lowest BCUT2D eigenvalue weighted by Gasteiger charge is -2.59. The zero-order valence-electron chi connectivity index (χ0n) is 32.6. The lowest BCUT2D eigenvalue weighted by molar-refractivity contribution is -0.256. The van der Waals surface area contributed by atoms with E-state index in [9.17, 15) is 15.0 Å². The largest absolute Gasteiger partial charge is 0.493 e. The lowest BCUT2D eigenvalue weighted by Crippen LogP contribution is -2.69. The second-order valence-corrected chi connectivity index (χ2v) is 17.4. The Labute approximate surface area is 326 Å². The van der Waals surface area contributed by atoms with Crippen LogP contribution in [0.15, 0.2) is 82.9 Å². The molecule has 2 saturated carbocycles. The number of thioether (sulfide) groups is 1. The number of amides is 1. The van der Waals surface area contributed by atoms with Gasteiger partial charge in [-0.2, -0.15) is 0 Å². The van der Waals surface area contributed by atoms with E-state index in [2.05, 4.69) is 30.9 Å². The van der Waals surface area contributed by atoms with Crippen LogP contribution in [0, 0.1) is 23.7 Å². The molecule has 6 rings (SSSR count). The number of rotatable bonds is 19. The number of aliphatic hydroxyl groups excluding tert-OH is 2. The fourth-order valence-corrected chi connectivity index (χ4v) is 9.37. The highest BCUT2D eigenvalue weighted by Crippen LogP contribution is 2.62. The first-order valence-corrected chi connectivity index (χ1v) is 20.9. The number of likely N-dealkylation sites (N-methyl/N-ethyl adjacent to an activating group) is 1. The molecule has 6 unspecified atom stereocenters. The van der Waals surface area contributed by atoms with Crippen molar-refractivity contribution < 1.29 is 34.1 Å². The zero-order chi connectivity index (χ0) is 38.3. The third-order valence-corrected chi connectivity index (χ3v) is 12.2. The first kappa shape index (κ1) is 40.4. The quantitative estimate of drug-likeness (QED) is 0.0639. The number of allylic oxidation sites excluding steroid dienone is 1. The average molecular weight is 761 g/mol. The maximum atomic E-state index is 14.0. The Morgan fingerprint density at radius 2 is 1.81 bits per heavy atom. The van der Waals surface area contributed by atoms with E-state index in [0.717, 1.165) is 79.0 Å². The predicted molar refractivity (Wildman–Crippen MR) is 214 cm³/mol. The van der Waals surface area contributed by atoms with Crippen LogP contribution in [0.4, 0.5) is 0 Å². The molecule has 10 heteroatoms. The van der Waals surface area contributed by atoms with E-state index in [1.54, 1.807) is 17.8 Å². The summed E-state index contributed by atoms with van der Waals surface area (Å²) >= 11 is 1.77.